The molecule has 0 bridgehead atoms. The minimum absolute atomic E-state index is 0. The van der Waals surface area contributed by atoms with E-state index in [1.165, 1.54) is 3.88 Å². The topological polar surface area (TPSA) is 0 Å². The average Bonchev–Trinajstić information content (AvgIpc) is 2.28. The second-order valence-electron chi connectivity index (χ2n) is 9.45. The van der Waals surface area contributed by atoms with Crippen molar-refractivity contribution in [1.29, 1.82) is 0 Å². The maximum atomic E-state index is 6.37. The fraction of sp³-hybridized carbons (Fsp3) is 0.636. The van der Waals surface area contributed by atoms with Gasteiger partial charge in [-0.25, -0.2) is 0 Å². The van der Waals surface area contributed by atoms with Crippen LogP contribution in [0.4, 0.5) is 0 Å². The summed E-state index contributed by atoms with van der Waals surface area (Å²) >= 11 is 14.9. The molecule has 0 aromatic heterocycles. The monoisotopic (exact) mass is 377 g/mol. The summed E-state index contributed by atoms with van der Waals surface area (Å²) in [6.45, 7) is 0. The molecule has 6 heteroatoms. The van der Waals surface area contributed by atoms with E-state index in [2.05, 4.69) is 44.4 Å². The van der Waals surface area contributed by atoms with E-state index in [-0.39, 0.29) is 24.8 Å². The van der Waals surface area contributed by atoms with Crippen molar-refractivity contribution in [2.75, 3.05) is 0 Å². The summed E-state index contributed by atoms with van der Waals surface area (Å²) < 4.78 is 0.0587. The van der Waals surface area contributed by atoms with Crippen LogP contribution in [0.3, 0.4) is 0 Å². The molecule has 1 aliphatic rings. The van der Waals surface area contributed by atoms with Crippen molar-refractivity contribution < 1.29 is 12.7 Å². The van der Waals surface area contributed by atoms with Crippen LogP contribution >= 0.6 is 59.6 Å². The Labute approximate surface area is 128 Å². The molecule has 0 amide bonds. The molecule has 0 atom stereocenters. The van der Waals surface area contributed by atoms with E-state index in [1.54, 1.807) is 0 Å². The van der Waals surface area contributed by atoms with Crippen molar-refractivity contribution in [3.05, 3.63) is 22.1 Å². The Morgan fingerprint density at radius 3 is 1.65 bits per heavy atom. The molecule has 0 N–H and O–H groups in total. The van der Waals surface area contributed by atoms with Crippen molar-refractivity contribution in [3.8, 4) is 0 Å². The van der Waals surface area contributed by atoms with Crippen LogP contribution in [0.25, 0.3) is 0 Å². The van der Waals surface area contributed by atoms with Crippen molar-refractivity contribution in [1.82, 2.24) is 0 Å². The molecular formula is C11H22Cl5Ti. The first-order valence-electron chi connectivity index (χ1n) is 5.28. The summed E-state index contributed by atoms with van der Waals surface area (Å²) in [5.74, 6) is 0. The standard InChI is InChI=1S/C5H5.CCl3.5CH3.2ClH.Ti/c1-2-4-5-3-1;2-1(3)4;;;;;;;;/h1-3H,4H2;;5*1H3;2*1H;. The van der Waals surface area contributed by atoms with Crippen molar-refractivity contribution in [3.63, 3.8) is 0 Å². The quantitative estimate of drug-likeness (QED) is 0.340. The summed E-state index contributed by atoms with van der Waals surface area (Å²) in [6, 6.07) is 0. The Bertz CT molecular complexity index is 383. The van der Waals surface area contributed by atoms with Crippen LogP contribution in [0, 0.1) is 0 Å². The molecule has 0 saturated heterocycles. The predicted octanol–water partition coefficient (Wildman–Crippen LogP) is 7.00. The van der Waals surface area contributed by atoms with Crippen LogP contribution in [-0.4, -0.2) is 2.10 Å². The van der Waals surface area contributed by atoms with Gasteiger partial charge in [-0.3, -0.25) is 0 Å². The third-order valence-corrected chi connectivity index (χ3v) is 27.9. The van der Waals surface area contributed by atoms with Gasteiger partial charge in [-0.15, -0.1) is 24.8 Å². The summed E-state index contributed by atoms with van der Waals surface area (Å²) in [4.78, 5) is 0. The average molecular weight is 379 g/mol. The molecular weight excluding hydrogens is 357 g/mol. The van der Waals surface area contributed by atoms with Gasteiger partial charge in [0, 0.05) is 0 Å². The van der Waals surface area contributed by atoms with E-state index in [4.69, 9.17) is 34.8 Å². The second kappa shape index (κ2) is 3.85. The molecule has 0 unspecified atom stereocenters. The Balaban J connectivity index is 0. The molecule has 1 rings (SSSR count). The van der Waals surface area contributed by atoms with Crippen molar-refractivity contribution in [2.45, 2.75) is 34.7 Å². The molecule has 0 fully saturated rings. The number of hydrogen-bond acceptors (Lipinski definition) is 0. The van der Waals surface area contributed by atoms with Gasteiger partial charge in [0.2, 0.25) is 0 Å². The van der Waals surface area contributed by atoms with E-state index in [9.17, 15) is 0 Å². The molecule has 0 aliphatic heterocycles. The van der Waals surface area contributed by atoms with Crippen molar-refractivity contribution in [2.24, 2.45) is 0 Å². The predicted molar refractivity (Wildman–Crippen MR) is 85.9 cm³/mol. The van der Waals surface area contributed by atoms with E-state index in [1.807, 2.05) is 0 Å². The summed E-state index contributed by atoms with van der Waals surface area (Å²) in [7, 11) is 0. The fourth-order valence-corrected chi connectivity index (χ4v) is 7.24. The zero-order chi connectivity index (χ0) is 12.3. The third-order valence-electron chi connectivity index (χ3n) is 4.10. The zero-order valence-corrected chi connectivity index (χ0v) is 16.4. The van der Waals surface area contributed by atoms with E-state index in [0.717, 1.165) is 6.42 Å². The molecule has 0 aromatic carbocycles. The molecule has 0 saturated carbocycles. The van der Waals surface area contributed by atoms with Crippen LogP contribution in [0.1, 0.15) is 6.42 Å². The van der Waals surface area contributed by atoms with Crippen LogP contribution in [0.2, 0.25) is 26.1 Å². The van der Waals surface area contributed by atoms with Crippen LogP contribution in [0.5, 0.6) is 0 Å². The SMILES string of the molecule is Cl.Cl.[CH3][Ti]([CH3])([CH3])([CH3])([CH3])([C]1=CC=CC1)[C](Cl)(Cl)Cl. The first kappa shape index (κ1) is 21.0. The minimum atomic E-state index is -4.26. The van der Waals surface area contributed by atoms with E-state index >= 15 is 0 Å². The van der Waals surface area contributed by atoms with Gasteiger partial charge in [0.05, 0.1) is 0 Å². The molecule has 1 aliphatic carbocycles. The van der Waals surface area contributed by atoms with Gasteiger partial charge in [0.1, 0.15) is 0 Å². The molecule has 0 spiro atoms. The Kier molecular flexibility index (Phi) is 4.74. The van der Waals surface area contributed by atoms with Crippen LogP contribution < -0.4 is 0 Å². The molecule has 17 heavy (non-hydrogen) atoms. The van der Waals surface area contributed by atoms with Gasteiger partial charge in [0.15, 0.2) is 0 Å². The number of hydrogen-bond donors (Lipinski definition) is 0. The number of rotatable bonds is 1. The molecule has 0 heterocycles. The molecule has 0 radical (unpaired) electrons. The number of halogens is 5. The van der Waals surface area contributed by atoms with Crippen LogP contribution in [0.15, 0.2) is 22.1 Å². The first-order chi connectivity index (χ1) is 6.11. The molecule has 105 valence electrons. The van der Waals surface area contributed by atoms with Gasteiger partial charge in [-0.2, -0.15) is 0 Å². The third kappa shape index (κ3) is 2.89. The van der Waals surface area contributed by atoms with E-state index < -0.39 is 14.8 Å². The van der Waals surface area contributed by atoms with Crippen molar-refractivity contribution >= 4 is 59.6 Å². The number of alkyl halides is 3. The summed E-state index contributed by atoms with van der Waals surface area (Å²) in [5.41, 5.74) is 0. The molecule has 0 aromatic rings. The Morgan fingerprint density at radius 2 is 1.41 bits per heavy atom. The second-order valence-corrected chi connectivity index (χ2v) is 39.2. The normalized spacial score (nSPS) is 22.1. The van der Waals surface area contributed by atoms with Crippen LogP contribution in [-0.2, 0) is 12.7 Å². The summed E-state index contributed by atoms with van der Waals surface area (Å²) in [6.07, 6.45) is 7.20. The summed E-state index contributed by atoms with van der Waals surface area (Å²) in [5, 5.41) is 10.9. The Hall–Kier alpha value is 1.64. The zero-order valence-electron chi connectivity index (χ0n) is 10.9. The van der Waals surface area contributed by atoms with Gasteiger partial charge in [-0.1, -0.05) is 0 Å². The van der Waals surface area contributed by atoms with Gasteiger partial charge in [-0.05, 0) is 0 Å². The number of allylic oxidation sites excluding steroid dienone is 4. The van der Waals surface area contributed by atoms with Gasteiger partial charge in [0.25, 0.3) is 0 Å². The molecule has 0 nitrogen and oxygen atoms in total. The Morgan fingerprint density at radius 1 is 1.00 bits per heavy atom. The maximum absolute atomic E-state index is 6.37. The fourth-order valence-electron chi connectivity index (χ4n) is 1.65. The van der Waals surface area contributed by atoms with E-state index in [0.29, 0.717) is 0 Å². The first-order valence-corrected chi connectivity index (χ1v) is 15.8. The van der Waals surface area contributed by atoms with Gasteiger partial charge >= 0.3 is 104 Å². The van der Waals surface area contributed by atoms with Gasteiger partial charge < -0.3 is 0 Å².